The van der Waals surface area contributed by atoms with Crippen LogP contribution in [0, 0.1) is 0 Å². The van der Waals surface area contributed by atoms with E-state index in [1.807, 2.05) is 13.8 Å². The molecule has 70 heavy (non-hydrogen) atoms. The number of methoxy groups -OCH3 is 2. The van der Waals surface area contributed by atoms with E-state index in [4.69, 9.17) is 73.5 Å². The molecule has 25 nitrogen and oxygen atoms in total. The summed E-state index contributed by atoms with van der Waals surface area (Å²) in [7, 11) is 3.31. The van der Waals surface area contributed by atoms with Gasteiger partial charge in [0.05, 0.1) is 144 Å². The standard InChI is InChI=1S/C17H37NO8.C16H15N7O4.C9H20O3.C2H6.CH3NO/c1-19-4-5-21-8-9-23-12-13-25-16-17-26-15-14-24-11-10-22-7-6-20-3-2-18;17-16-22-13-12(15(27)23-16)21-10(6-19-13)5-18-9-3-1-8(2-4-9)14(26)20-7-11(24)25;1-3-4-5-11-8-9-12-7-6-10-2;1-2;2-1-3/h2-18H2,1H3;1-4,6,18H,5,7H2,(H,20,26)(H,24,25)(H3,17,19,22,23,27);3-9H2,1-2H3;1-2H3;1H,(H2,2,3). The summed E-state index contributed by atoms with van der Waals surface area (Å²) in [5.41, 5.74) is 16.3. The number of fused-ring (bicyclic) bond motifs is 1. The molecule has 10 N–H and O–H groups in total. The van der Waals surface area contributed by atoms with Gasteiger partial charge in [-0.05, 0) is 30.7 Å². The van der Waals surface area contributed by atoms with Gasteiger partial charge in [0.1, 0.15) is 6.54 Å². The first-order valence-electron chi connectivity index (χ1n) is 23.0. The van der Waals surface area contributed by atoms with Crippen LogP contribution in [-0.4, -0.2) is 203 Å². The van der Waals surface area contributed by atoms with Gasteiger partial charge in [-0.3, -0.25) is 24.2 Å². The lowest BCUT2D eigenvalue weighted by Gasteiger charge is -2.08. The monoisotopic (exact) mass is 1000 g/mol. The Kier molecular flexibility index (Phi) is 49.6. The molecule has 25 heteroatoms. The van der Waals surface area contributed by atoms with Crippen LogP contribution in [0.15, 0.2) is 35.3 Å². The summed E-state index contributed by atoms with van der Waals surface area (Å²) in [5.74, 6) is -1.62. The number of aliphatic carboxylic acids is 1. The van der Waals surface area contributed by atoms with Crippen molar-refractivity contribution in [2.24, 2.45) is 11.5 Å². The minimum atomic E-state index is -1.12. The van der Waals surface area contributed by atoms with Crippen LogP contribution in [0.4, 0.5) is 11.6 Å². The topological polar surface area (TPSA) is 347 Å². The minimum Gasteiger partial charge on any atom is -0.480 e. The van der Waals surface area contributed by atoms with Gasteiger partial charge in [-0.15, -0.1) is 0 Å². The number of carbonyl (C=O) groups is 3. The number of benzene rings is 1. The number of anilines is 2. The molecule has 0 bridgehead atoms. The summed E-state index contributed by atoms with van der Waals surface area (Å²) in [4.78, 5) is 57.2. The van der Waals surface area contributed by atoms with Crippen LogP contribution in [0.3, 0.4) is 0 Å². The van der Waals surface area contributed by atoms with Crippen molar-refractivity contribution >= 4 is 41.1 Å². The number of aromatic amines is 1. The van der Waals surface area contributed by atoms with Gasteiger partial charge in [-0.1, -0.05) is 27.2 Å². The average molecular weight is 1000 g/mol. The molecule has 0 aliphatic heterocycles. The smallest absolute Gasteiger partial charge is 0.322 e. The Balaban J connectivity index is 0. The largest absolute Gasteiger partial charge is 0.480 e. The molecule has 0 atom stereocenters. The van der Waals surface area contributed by atoms with E-state index >= 15 is 0 Å². The predicted octanol–water partition coefficient (Wildman–Crippen LogP) is 1.02. The molecule has 0 saturated heterocycles. The minimum absolute atomic E-state index is 0.0276. The molecular weight excluding hydrogens is 923 g/mol. The van der Waals surface area contributed by atoms with Crippen molar-refractivity contribution in [1.82, 2.24) is 25.3 Å². The molecular formula is C45H81N9O16. The van der Waals surface area contributed by atoms with E-state index in [1.54, 1.807) is 38.5 Å². The molecule has 0 unspecified atom stereocenters. The fourth-order valence-corrected chi connectivity index (χ4v) is 4.60. The maximum atomic E-state index is 11.8. The zero-order valence-corrected chi connectivity index (χ0v) is 41.8. The van der Waals surface area contributed by atoms with Crippen molar-refractivity contribution in [3.05, 3.63) is 52.1 Å². The highest BCUT2D eigenvalue weighted by molar-refractivity contribution is 5.96. The molecule has 0 aliphatic carbocycles. The number of nitrogens with two attached hydrogens (primary N) is 3. The summed E-state index contributed by atoms with van der Waals surface area (Å²) in [6.07, 6.45) is 4.05. The molecule has 0 aliphatic rings. The molecule has 2 amide bonds. The second kappa shape index (κ2) is 51.8. The number of rotatable bonds is 38. The van der Waals surface area contributed by atoms with Crippen LogP contribution in [0.25, 0.3) is 11.2 Å². The lowest BCUT2D eigenvalue weighted by atomic mass is 10.2. The van der Waals surface area contributed by atoms with Crippen molar-refractivity contribution in [1.29, 1.82) is 0 Å². The average Bonchev–Trinajstić information content (AvgIpc) is 3.36. The number of nitrogens with one attached hydrogen (secondary N) is 3. The Bertz CT molecular complexity index is 1680. The van der Waals surface area contributed by atoms with E-state index in [0.717, 1.165) is 13.0 Å². The number of unbranched alkanes of at least 4 members (excludes halogenated alkanes) is 1. The van der Waals surface area contributed by atoms with Crippen LogP contribution in [0.2, 0.25) is 0 Å². The van der Waals surface area contributed by atoms with Gasteiger partial charge < -0.3 is 85.0 Å². The highest BCUT2D eigenvalue weighted by atomic mass is 16.6. The molecule has 0 radical (unpaired) electrons. The summed E-state index contributed by atoms with van der Waals surface area (Å²) in [5, 5.41) is 13.9. The Morgan fingerprint density at radius 2 is 1.10 bits per heavy atom. The fraction of sp³-hybridized carbons (Fsp3) is 0.667. The Morgan fingerprint density at radius 1 is 0.686 bits per heavy atom. The van der Waals surface area contributed by atoms with Gasteiger partial charge in [-0.2, -0.15) is 4.98 Å². The number of carboxylic acid groups (broad SMARTS) is 1. The lowest BCUT2D eigenvalue weighted by molar-refractivity contribution is -0.135. The van der Waals surface area contributed by atoms with Gasteiger partial charge in [0.25, 0.3) is 11.5 Å². The number of aromatic nitrogens is 4. The Morgan fingerprint density at radius 3 is 1.50 bits per heavy atom. The summed E-state index contributed by atoms with van der Waals surface area (Å²) in [6, 6.07) is 6.45. The first-order chi connectivity index (χ1) is 34.2. The summed E-state index contributed by atoms with van der Waals surface area (Å²) in [6.45, 7) is 18.4. The Labute approximate surface area is 411 Å². The Hall–Kier alpha value is -5.03. The van der Waals surface area contributed by atoms with E-state index in [9.17, 15) is 14.4 Å². The third-order valence-electron chi connectivity index (χ3n) is 7.88. The van der Waals surface area contributed by atoms with Crippen molar-refractivity contribution in [2.45, 2.75) is 40.2 Å². The number of amides is 2. The number of nitrogen functional groups attached to an aromatic ring is 1. The number of primary amides is 1. The highest BCUT2D eigenvalue weighted by Gasteiger charge is 2.09. The van der Waals surface area contributed by atoms with Crippen LogP contribution < -0.4 is 33.4 Å². The highest BCUT2D eigenvalue weighted by Crippen LogP contribution is 2.11. The van der Waals surface area contributed by atoms with Crippen LogP contribution in [0.1, 0.15) is 49.7 Å². The van der Waals surface area contributed by atoms with E-state index in [0.29, 0.717) is 149 Å². The molecule has 2 heterocycles. The third-order valence-corrected chi connectivity index (χ3v) is 7.88. The number of hydrogen-bond acceptors (Lipinski definition) is 21. The second-order valence-electron chi connectivity index (χ2n) is 13.3. The lowest BCUT2D eigenvalue weighted by Crippen LogP contribution is -2.29. The van der Waals surface area contributed by atoms with E-state index in [1.165, 1.54) is 12.6 Å². The number of carbonyl (C=O) groups excluding carboxylic acids is 2. The van der Waals surface area contributed by atoms with Crippen LogP contribution >= 0.6 is 0 Å². The quantitative estimate of drug-likeness (QED) is 0.0311. The molecule has 2 aromatic heterocycles. The van der Waals surface area contributed by atoms with Crippen molar-refractivity contribution in [2.75, 3.05) is 170 Å². The van der Waals surface area contributed by atoms with E-state index in [2.05, 4.69) is 43.2 Å². The van der Waals surface area contributed by atoms with Crippen molar-refractivity contribution < 1.29 is 71.6 Å². The number of hydrogen-bond donors (Lipinski definition) is 7. The molecule has 3 rings (SSSR count). The molecule has 402 valence electrons. The molecule has 0 spiro atoms. The molecule has 0 fully saturated rings. The van der Waals surface area contributed by atoms with Crippen molar-refractivity contribution in [3.63, 3.8) is 0 Å². The van der Waals surface area contributed by atoms with Gasteiger partial charge in [0, 0.05) is 38.6 Å². The predicted molar refractivity (Wildman–Crippen MR) is 263 cm³/mol. The van der Waals surface area contributed by atoms with Crippen molar-refractivity contribution in [3.8, 4) is 0 Å². The maximum Gasteiger partial charge on any atom is 0.322 e. The number of nitrogens with zero attached hydrogens (tertiary/aromatic N) is 3. The SMILES string of the molecule is CC.CCCCOCCOCCOC.COCCOCCOCCOCCOCCOCCOCCOCCN.NC=O.Nc1nc2ncc(CNc3ccc(C(=O)NCC(=O)O)cc3)nc2c(=O)[nH]1. The maximum absolute atomic E-state index is 11.8. The first kappa shape index (κ1) is 67.0. The zero-order chi connectivity index (χ0) is 52.1. The first-order valence-corrected chi connectivity index (χ1v) is 23.0. The van der Waals surface area contributed by atoms with E-state index in [-0.39, 0.29) is 30.1 Å². The van der Waals surface area contributed by atoms with Gasteiger partial charge >= 0.3 is 5.97 Å². The molecule has 3 aromatic rings. The fourth-order valence-electron chi connectivity index (χ4n) is 4.60. The molecule has 0 saturated carbocycles. The summed E-state index contributed by atoms with van der Waals surface area (Å²) >= 11 is 0. The van der Waals surface area contributed by atoms with E-state index < -0.39 is 24.0 Å². The summed E-state index contributed by atoms with van der Waals surface area (Å²) < 4.78 is 57.5. The van der Waals surface area contributed by atoms with Gasteiger partial charge in [0.2, 0.25) is 12.4 Å². The number of H-pyrrole nitrogens is 1. The zero-order valence-electron chi connectivity index (χ0n) is 41.8. The number of carboxylic acids is 1. The number of ether oxygens (including phenoxy) is 11. The van der Waals surface area contributed by atoms with Crippen LogP contribution in [0.5, 0.6) is 0 Å². The van der Waals surface area contributed by atoms with Crippen LogP contribution in [-0.2, 0) is 68.2 Å². The third kappa shape index (κ3) is 41.9. The van der Waals surface area contributed by atoms with Gasteiger partial charge in [0.15, 0.2) is 11.2 Å². The molecule has 1 aromatic carbocycles. The second-order valence-corrected chi connectivity index (χ2v) is 13.3. The van der Waals surface area contributed by atoms with Gasteiger partial charge in [-0.25, -0.2) is 9.97 Å². The normalized spacial score (nSPS) is 10.3.